The van der Waals surface area contributed by atoms with Crippen LogP contribution in [-0.4, -0.2) is 28.9 Å². The number of ether oxygens (including phenoxy) is 1. The first-order valence-electron chi connectivity index (χ1n) is 6.03. The van der Waals surface area contributed by atoms with E-state index in [2.05, 4.69) is 31.4 Å². The van der Waals surface area contributed by atoms with Crippen LogP contribution in [0.1, 0.15) is 5.56 Å². The van der Waals surface area contributed by atoms with Crippen LogP contribution in [0.15, 0.2) is 46.1 Å². The van der Waals surface area contributed by atoms with E-state index in [1.807, 2.05) is 0 Å². The molecular formula is C14H11BrFN3O3. The summed E-state index contributed by atoms with van der Waals surface area (Å²) in [4.78, 5) is 15.3. The number of aromatic nitrogens is 1. The lowest BCUT2D eigenvalue weighted by Crippen LogP contribution is -2.16. The van der Waals surface area contributed by atoms with Gasteiger partial charge in [0.25, 0.3) is 0 Å². The van der Waals surface area contributed by atoms with E-state index in [1.165, 1.54) is 19.2 Å². The van der Waals surface area contributed by atoms with Crippen molar-refractivity contribution in [1.29, 1.82) is 0 Å². The molecule has 0 unspecified atom stereocenters. The number of aliphatic carboxylic acids is 1. The molecule has 1 aromatic carbocycles. The molecule has 0 spiro atoms. The zero-order valence-corrected chi connectivity index (χ0v) is 13.0. The smallest absolute Gasteiger partial charge is 0.356 e. The second-order valence-electron chi connectivity index (χ2n) is 4.09. The van der Waals surface area contributed by atoms with Crippen LogP contribution < -0.4 is 10.2 Å². The zero-order valence-electron chi connectivity index (χ0n) is 11.4. The molecule has 0 fully saturated rings. The van der Waals surface area contributed by atoms with Gasteiger partial charge in [0.1, 0.15) is 5.82 Å². The normalized spacial score (nSPS) is 11.1. The summed E-state index contributed by atoms with van der Waals surface area (Å²) >= 11 is 3.24. The quantitative estimate of drug-likeness (QED) is 0.626. The van der Waals surface area contributed by atoms with Crippen molar-refractivity contribution in [2.45, 2.75) is 0 Å². The molecule has 8 heteroatoms. The third-order valence-corrected chi connectivity index (χ3v) is 3.11. The topological polar surface area (TPSA) is 83.8 Å². The third-order valence-electron chi connectivity index (χ3n) is 2.64. The molecule has 22 heavy (non-hydrogen) atoms. The number of rotatable bonds is 5. The number of carboxylic acids is 1. The van der Waals surface area contributed by atoms with Gasteiger partial charge in [-0.2, -0.15) is 5.10 Å². The van der Waals surface area contributed by atoms with Gasteiger partial charge < -0.3 is 9.84 Å². The standard InChI is InChI=1S/C14H11BrFN3O3/c1-22-11-6-8(2-4-10(11)16)13(14(20)21)19-18-12-5-3-9(15)7-17-12/h2-7H,1H3,(H,17,18)(H,20,21)/b19-13-. The van der Waals surface area contributed by atoms with Gasteiger partial charge in [0, 0.05) is 16.2 Å². The summed E-state index contributed by atoms with van der Waals surface area (Å²) in [6.45, 7) is 0. The molecule has 0 aliphatic rings. The molecule has 2 rings (SSSR count). The Labute approximate surface area is 133 Å². The fourth-order valence-electron chi connectivity index (χ4n) is 1.60. The number of hydrogen-bond donors (Lipinski definition) is 2. The number of anilines is 1. The molecule has 114 valence electrons. The van der Waals surface area contributed by atoms with Crippen molar-refractivity contribution in [3.05, 3.63) is 52.4 Å². The minimum atomic E-state index is -1.27. The Bertz CT molecular complexity index is 720. The number of hydrazone groups is 1. The Morgan fingerprint density at radius 2 is 2.18 bits per heavy atom. The Kier molecular flexibility index (Phi) is 5.05. The largest absolute Gasteiger partial charge is 0.494 e. The van der Waals surface area contributed by atoms with Crippen molar-refractivity contribution in [3.63, 3.8) is 0 Å². The minimum Gasteiger partial charge on any atom is -0.494 e. The van der Waals surface area contributed by atoms with E-state index in [0.717, 1.165) is 10.5 Å². The lowest BCUT2D eigenvalue weighted by molar-refractivity contribution is -0.129. The van der Waals surface area contributed by atoms with E-state index in [1.54, 1.807) is 18.3 Å². The fraction of sp³-hybridized carbons (Fsp3) is 0.0714. The van der Waals surface area contributed by atoms with Crippen LogP contribution in [0, 0.1) is 5.82 Å². The fourth-order valence-corrected chi connectivity index (χ4v) is 1.83. The van der Waals surface area contributed by atoms with Crippen molar-refractivity contribution in [2.24, 2.45) is 5.10 Å². The molecule has 0 bridgehead atoms. The minimum absolute atomic E-state index is 0.0618. The number of hydrogen-bond acceptors (Lipinski definition) is 5. The monoisotopic (exact) mass is 367 g/mol. The molecule has 0 aliphatic heterocycles. The molecule has 0 radical (unpaired) electrons. The number of halogens is 2. The number of benzene rings is 1. The number of carbonyl (C=O) groups is 1. The first kappa shape index (κ1) is 15.9. The highest BCUT2D eigenvalue weighted by Gasteiger charge is 2.15. The van der Waals surface area contributed by atoms with Crippen LogP contribution in [0.5, 0.6) is 5.75 Å². The molecule has 1 heterocycles. The van der Waals surface area contributed by atoms with Crippen LogP contribution in [0.3, 0.4) is 0 Å². The highest BCUT2D eigenvalue weighted by atomic mass is 79.9. The third kappa shape index (κ3) is 3.79. The molecule has 0 aliphatic carbocycles. The molecule has 0 saturated carbocycles. The molecule has 1 aromatic heterocycles. The Balaban J connectivity index is 2.31. The summed E-state index contributed by atoms with van der Waals surface area (Å²) in [5.74, 6) is -1.54. The predicted molar refractivity (Wildman–Crippen MR) is 82.7 cm³/mol. The summed E-state index contributed by atoms with van der Waals surface area (Å²) in [5.41, 5.74) is 2.46. The van der Waals surface area contributed by atoms with E-state index in [0.29, 0.717) is 5.82 Å². The number of pyridine rings is 1. The summed E-state index contributed by atoms with van der Waals surface area (Å²) in [7, 11) is 1.30. The van der Waals surface area contributed by atoms with E-state index in [-0.39, 0.29) is 17.0 Å². The average molecular weight is 368 g/mol. The highest BCUT2D eigenvalue weighted by molar-refractivity contribution is 9.10. The molecule has 2 aromatic rings. The number of methoxy groups -OCH3 is 1. The Morgan fingerprint density at radius 1 is 1.41 bits per heavy atom. The summed E-state index contributed by atoms with van der Waals surface area (Å²) in [5, 5.41) is 13.1. The van der Waals surface area contributed by atoms with Gasteiger partial charge >= 0.3 is 5.97 Å². The number of carboxylic acid groups (broad SMARTS) is 1. The predicted octanol–water partition coefficient (Wildman–Crippen LogP) is 2.89. The van der Waals surface area contributed by atoms with Gasteiger partial charge in [0.15, 0.2) is 17.3 Å². The van der Waals surface area contributed by atoms with Gasteiger partial charge in [-0.25, -0.2) is 14.2 Å². The first-order chi connectivity index (χ1) is 10.5. The van der Waals surface area contributed by atoms with E-state index in [4.69, 9.17) is 4.74 Å². The zero-order chi connectivity index (χ0) is 16.1. The molecular weight excluding hydrogens is 357 g/mol. The van der Waals surface area contributed by atoms with Gasteiger partial charge in [-0.1, -0.05) is 0 Å². The lowest BCUT2D eigenvalue weighted by Gasteiger charge is -2.06. The van der Waals surface area contributed by atoms with Crippen LogP contribution >= 0.6 is 15.9 Å². The molecule has 6 nitrogen and oxygen atoms in total. The maximum absolute atomic E-state index is 13.4. The molecule has 2 N–H and O–H groups in total. The van der Waals surface area contributed by atoms with Gasteiger partial charge in [-0.3, -0.25) is 5.43 Å². The van der Waals surface area contributed by atoms with Crippen molar-refractivity contribution < 1.29 is 19.0 Å². The summed E-state index contributed by atoms with van der Waals surface area (Å²) < 4.78 is 19.0. The van der Waals surface area contributed by atoms with Crippen LogP contribution in [-0.2, 0) is 4.79 Å². The Morgan fingerprint density at radius 3 is 2.77 bits per heavy atom. The van der Waals surface area contributed by atoms with Gasteiger partial charge in [-0.15, -0.1) is 0 Å². The lowest BCUT2D eigenvalue weighted by atomic mass is 10.1. The molecule has 0 amide bonds. The van der Waals surface area contributed by atoms with Gasteiger partial charge in [0.05, 0.1) is 7.11 Å². The van der Waals surface area contributed by atoms with Gasteiger partial charge in [0.2, 0.25) is 0 Å². The maximum atomic E-state index is 13.4. The average Bonchev–Trinajstić information content (AvgIpc) is 2.50. The molecule has 0 saturated heterocycles. The maximum Gasteiger partial charge on any atom is 0.356 e. The van der Waals surface area contributed by atoms with E-state index < -0.39 is 11.8 Å². The molecule has 0 atom stereocenters. The highest BCUT2D eigenvalue weighted by Crippen LogP contribution is 2.19. The van der Waals surface area contributed by atoms with E-state index >= 15 is 0 Å². The van der Waals surface area contributed by atoms with Crippen molar-refractivity contribution in [2.75, 3.05) is 12.5 Å². The second-order valence-corrected chi connectivity index (χ2v) is 5.00. The summed E-state index contributed by atoms with van der Waals surface area (Å²) in [6.07, 6.45) is 1.54. The van der Waals surface area contributed by atoms with Crippen molar-refractivity contribution in [3.8, 4) is 5.75 Å². The SMILES string of the molecule is COc1cc(/C(=N/Nc2ccc(Br)cn2)C(=O)O)ccc1F. The van der Waals surface area contributed by atoms with Crippen LogP contribution in [0.25, 0.3) is 0 Å². The van der Waals surface area contributed by atoms with Crippen LogP contribution in [0.2, 0.25) is 0 Å². The van der Waals surface area contributed by atoms with Gasteiger partial charge in [-0.05, 0) is 46.3 Å². The van der Waals surface area contributed by atoms with Crippen molar-refractivity contribution in [1.82, 2.24) is 4.98 Å². The Hall–Kier alpha value is -2.48. The van der Waals surface area contributed by atoms with E-state index in [9.17, 15) is 14.3 Å². The number of nitrogens with zero attached hydrogens (tertiary/aromatic N) is 2. The summed E-state index contributed by atoms with van der Waals surface area (Å²) in [6, 6.07) is 7.04. The van der Waals surface area contributed by atoms with Crippen molar-refractivity contribution >= 4 is 33.4 Å². The first-order valence-corrected chi connectivity index (χ1v) is 6.83. The second kappa shape index (κ2) is 6.99. The van der Waals surface area contributed by atoms with Crippen LogP contribution in [0.4, 0.5) is 10.2 Å². The number of nitrogens with one attached hydrogen (secondary N) is 1.